The molecule has 0 aliphatic carbocycles. The monoisotopic (exact) mass is 359 g/mol. The molecular weight excluding hydrogens is 350 g/mol. The van der Waals surface area contributed by atoms with Crippen molar-refractivity contribution in [3.63, 3.8) is 0 Å². The number of rotatable bonds is 4. The van der Waals surface area contributed by atoms with Crippen LogP contribution >= 0.6 is 27.3 Å². The lowest BCUT2D eigenvalue weighted by molar-refractivity contribution is 0.101. The Hall–Kier alpha value is -1.18. The van der Waals surface area contributed by atoms with E-state index in [0.29, 0.717) is 10.0 Å². The SMILES string of the molecule is CC(=O)c1ccccc1NS(=O)(=O)c1sccc1Br. The molecule has 1 aromatic heterocycles. The number of nitrogens with one attached hydrogen (secondary N) is 1. The zero-order valence-electron chi connectivity index (χ0n) is 9.88. The largest absolute Gasteiger partial charge is 0.294 e. The minimum atomic E-state index is -3.69. The average molecular weight is 360 g/mol. The molecule has 100 valence electrons. The molecule has 1 heterocycles. The van der Waals surface area contributed by atoms with E-state index >= 15 is 0 Å². The highest BCUT2D eigenvalue weighted by Crippen LogP contribution is 2.30. The summed E-state index contributed by atoms with van der Waals surface area (Å²) < 4.78 is 27.6. The van der Waals surface area contributed by atoms with E-state index in [9.17, 15) is 13.2 Å². The van der Waals surface area contributed by atoms with E-state index in [4.69, 9.17) is 0 Å². The van der Waals surface area contributed by atoms with Crippen molar-refractivity contribution in [2.45, 2.75) is 11.1 Å². The lowest BCUT2D eigenvalue weighted by Crippen LogP contribution is -2.14. The topological polar surface area (TPSA) is 63.2 Å². The van der Waals surface area contributed by atoms with Crippen molar-refractivity contribution in [2.24, 2.45) is 0 Å². The maximum absolute atomic E-state index is 12.2. The smallest absolute Gasteiger partial charge is 0.272 e. The van der Waals surface area contributed by atoms with Crippen molar-refractivity contribution >= 4 is 48.8 Å². The van der Waals surface area contributed by atoms with Gasteiger partial charge in [0, 0.05) is 10.0 Å². The van der Waals surface area contributed by atoms with Gasteiger partial charge in [-0.3, -0.25) is 9.52 Å². The standard InChI is InChI=1S/C12H10BrNO3S2/c1-8(15)9-4-2-3-5-11(9)14-19(16,17)12-10(13)6-7-18-12/h2-7,14H,1H3. The zero-order chi connectivity index (χ0) is 14.0. The molecule has 19 heavy (non-hydrogen) atoms. The molecule has 0 spiro atoms. The molecule has 1 N–H and O–H groups in total. The number of sulfonamides is 1. The summed E-state index contributed by atoms with van der Waals surface area (Å²) in [4.78, 5) is 11.5. The first kappa shape index (κ1) is 14.2. The molecule has 0 aliphatic rings. The van der Waals surface area contributed by atoms with E-state index in [0.717, 1.165) is 11.3 Å². The summed E-state index contributed by atoms with van der Waals surface area (Å²) in [6.07, 6.45) is 0. The Bertz CT molecular complexity index is 722. The van der Waals surface area contributed by atoms with Gasteiger partial charge in [-0.25, -0.2) is 8.42 Å². The van der Waals surface area contributed by atoms with E-state index in [-0.39, 0.29) is 15.7 Å². The highest BCUT2D eigenvalue weighted by Gasteiger charge is 2.21. The Kier molecular flexibility index (Phi) is 4.07. The maximum Gasteiger partial charge on any atom is 0.272 e. The van der Waals surface area contributed by atoms with Crippen LogP contribution in [0.4, 0.5) is 5.69 Å². The normalized spacial score (nSPS) is 11.3. The second kappa shape index (κ2) is 5.44. The van der Waals surface area contributed by atoms with Crippen LogP contribution in [0.15, 0.2) is 44.4 Å². The van der Waals surface area contributed by atoms with Crippen LogP contribution in [0, 0.1) is 0 Å². The number of benzene rings is 1. The van der Waals surface area contributed by atoms with Crippen molar-refractivity contribution in [1.29, 1.82) is 0 Å². The Morgan fingerprint density at radius 3 is 2.53 bits per heavy atom. The molecule has 4 nitrogen and oxygen atoms in total. The summed E-state index contributed by atoms with van der Waals surface area (Å²) in [5.74, 6) is -0.191. The number of anilines is 1. The maximum atomic E-state index is 12.2. The number of halogens is 1. The number of carbonyl (C=O) groups excluding carboxylic acids is 1. The van der Waals surface area contributed by atoms with Gasteiger partial charge in [0.1, 0.15) is 0 Å². The molecule has 1 aromatic carbocycles. The van der Waals surface area contributed by atoms with Crippen molar-refractivity contribution in [3.8, 4) is 0 Å². The summed E-state index contributed by atoms with van der Waals surface area (Å²) in [7, 11) is -3.69. The Morgan fingerprint density at radius 2 is 1.95 bits per heavy atom. The fraction of sp³-hybridized carbons (Fsp3) is 0.0833. The van der Waals surface area contributed by atoms with Gasteiger partial charge in [-0.2, -0.15) is 0 Å². The van der Waals surface area contributed by atoms with Crippen LogP contribution in [-0.2, 0) is 10.0 Å². The first-order valence-electron chi connectivity index (χ1n) is 5.27. The molecule has 0 bridgehead atoms. The fourth-order valence-electron chi connectivity index (χ4n) is 1.54. The van der Waals surface area contributed by atoms with Crippen LogP contribution in [0.5, 0.6) is 0 Å². The minimum Gasteiger partial charge on any atom is -0.294 e. The predicted octanol–water partition coefficient (Wildman–Crippen LogP) is 3.51. The molecule has 0 saturated carbocycles. The van der Waals surface area contributed by atoms with Crippen LogP contribution in [0.2, 0.25) is 0 Å². The van der Waals surface area contributed by atoms with E-state index in [1.54, 1.807) is 35.7 Å². The van der Waals surface area contributed by atoms with Gasteiger partial charge in [-0.1, -0.05) is 12.1 Å². The van der Waals surface area contributed by atoms with Crippen LogP contribution in [0.3, 0.4) is 0 Å². The van der Waals surface area contributed by atoms with E-state index in [1.807, 2.05) is 0 Å². The molecule has 0 atom stereocenters. The number of hydrogen-bond donors (Lipinski definition) is 1. The minimum absolute atomic E-state index is 0.186. The summed E-state index contributed by atoms with van der Waals surface area (Å²) in [5.41, 5.74) is 0.633. The molecule has 0 unspecified atom stereocenters. The lowest BCUT2D eigenvalue weighted by Gasteiger charge is -2.10. The third-order valence-electron chi connectivity index (χ3n) is 2.38. The highest BCUT2D eigenvalue weighted by atomic mass is 79.9. The van der Waals surface area contributed by atoms with Gasteiger partial charge in [0.25, 0.3) is 10.0 Å². The average Bonchev–Trinajstić information content (AvgIpc) is 2.76. The van der Waals surface area contributed by atoms with Crippen molar-refractivity contribution < 1.29 is 13.2 Å². The quantitative estimate of drug-likeness (QED) is 0.849. The number of thiophene rings is 1. The molecule has 0 aliphatic heterocycles. The Labute approximate surface area is 123 Å². The second-order valence-electron chi connectivity index (χ2n) is 3.76. The molecule has 0 fully saturated rings. The number of hydrogen-bond acceptors (Lipinski definition) is 4. The lowest BCUT2D eigenvalue weighted by atomic mass is 10.1. The number of para-hydroxylation sites is 1. The van der Waals surface area contributed by atoms with Gasteiger partial charge < -0.3 is 0 Å². The molecule has 0 saturated heterocycles. The van der Waals surface area contributed by atoms with Crippen molar-refractivity contribution in [2.75, 3.05) is 4.72 Å². The number of Topliss-reactive ketones (excluding diaryl/α,β-unsaturated/α-hetero) is 1. The third kappa shape index (κ3) is 3.05. The van der Waals surface area contributed by atoms with Crippen LogP contribution in [0.1, 0.15) is 17.3 Å². The van der Waals surface area contributed by atoms with Crippen molar-refractivity contribution in [3.05, 3.63) is 45.7 Å². The number of carbonyl (C=O) groups is 1. The Balaban J connectivity index is 2.42. The summed E-state index contributed by atoms with van der Waals surface area (Å²) >= 11 is 4.29. The highest BCUT2D eigenvalue weighted by molar-refractivity contribution is 9.10. The second-order valence-corrected chi connectivity index (χ2v) is 7.41. The van der Waals surface area contributed by atoms with Gasteiger partial charge in [-0.15, -0.1) is 11.3 Å². The van der Waals surface area contributed by atoms with Crippen LogP contribution in [0.25, 0.3) is 0 Å². The Morgan fingerprint density at radius 1 is 1.26 bits per heavy atom. The fourth-order valence-corrected chi connectivity index (χ4v) is 4.96. The summed E-state index contributed by atoms with van der Waals surface area (Å²) in [6, 6.07) is 8.18. The molecular formula is C12H10BrNO3S2. The zero-order valence-corrected chi connectivity index (χ0v) is 13.1. The molecule has 0 amide bonds. The van der Waals surface area contributed by atoms with E-state index in [2.05, 4.69) is 20.7 Å². The van der Waals surface area contributed by atoms with Gasteiger partial charge in [0.15, 0.2) is 9.99 Å². The van der Waals surface area contributed by atoms with Crippen LogP contribution < -0.4 is 4.72 Å². The van der Waals surface area contributed by atoms with Gasteiger partial charge >= 0.3 is 0 Å². The first-order valence-corrected chi connectivity index (χ1v) is 8.43. The van der Waals surface area contributed by atoms with Crippen molar-refractivity contribution in [1.82, 2.24) is 0 Å². The van der Waals surface area contributed by atoms with E-state index in [1.165, 1.54) is 6.92 Å². The molecule has 2 rings (SSSR count). The third-order valence-corrected chi connectivity index (χ3v) is 6.41. The van der Waals surface area contributed by atoms with Gasteiger partial charge in [0.05, 0.1) is 5.69 Å². The van der Waals surface area contributed by atoms with Gasteiger partial charge in [0.2, 0.25) is 0 Å². The van der Waals surface area contributed by atoms with E-state index < -0.39 is 10.0 Å². The molecule has 0 radical (unpaired) electrons. The molecule has 2 aromatic rings. The van der Waals surface area contributed by atoms with Gasteiger partial charge in [-0.05, 0) is 46.4 Å². The van der Waals surface area contributed by atoms with Crippen LogP contribution in [-0.4, -0.2) is 14.2 Å². The predicted molar refractivity (Wildman–Crippen MR) is 79.3 cm³/mol. The first-order chi connectivity index (χ1) is 8.92. The number of ketones is 1. The summed E-state index contributed by atoms with van der Waals surface area (Å²) in [6.45, 7) is 1.40. The summed E-state index contributed by atoms with van der Waals surface area (Å²) in [5, 5.41) is 1.68. The molecule has 7 heteroatoms.